The van der Waals surface area contributed by atoms with E-state index >= 15 is 0 Å². The number of rotatable bonds is 4. The van der Waals surface area contributed by atoms with E-state index in [1.807, 2.05) is 0 Å². The number of halogens is 1. The van der Waals surface area contributed by atoms with E-state index in [2.05, 4.69) is 15.2 Å². The molecule has 0 saturated heterocycles. The summed E-state index contributed by atoms with van der Waals surface area (Å²) in [5, 5.41) is 16.3. The van der Waals surface area contributed by atoms with Crippen molar-refractivity contribution in [1.29, 1.82) is 0 Å². The average molecular weight is 265 g/mol. The predicted octanol–water partition coefficient (Wildman–Crippen LogP) is 1.85. The molecule has 0 aliphatic rings. The maximum absolute atomic E-state index is 12.8. The minimum atomic E-state index is -0.948. The van der Waals surface area contributed by atoms with Crippen molar-refractivity contribution in [3.8, 4) is 11.3 Å². The first-order valence-corrected chi connectivity index (χ1v) is 5.94. The molecule has 0 fully saturated rings. The second kappa shape index (κ2) is 5.54. The Morgan fingerprint density at radius 1 is 1.33 bits per heavy atom. The second-order valence-electron chi connectivity index (χ2n) is 3.31. The SMILES string of the molecule is O=C(O)CSc1nncc(-c2ccc(F)cc2)n1. The molecule has 0 aliphatic heterocycles. The van der Waals surface area contributed by atoms with Crippen LogP contribution in [-0.4, -0.2) is 32.0 Å². The summed E-state index contributed by atoms with van der Waals surface area (Å²) in [6.45, 7) is 0. The number of thioether (sulfide) groups is 1. The van der Waals surface area contributed by atoms with Crippen LogP contribution in [0.25, 0.3) is 11.3 Å². The number of hydrogen-bond donors (Lipinski definition) is 1. The Morgan fingerprint density at radius 2 is 2.06 bits per heavy atom. The zero-order valence-electron chi connectivity index (χ0n) is 9.08. The number of benzene rings is 1. The summed E-state index contributed by atoms with van der Waals surface area (Å²) in [6, 6.07) is 5.79. The first-order chi connectivity index (χ1) is 8.65. The third kappa shape index (κ3) is 3.24. The molecule has 0 atom stereocenters. The molecule has 0 unspecified atom stereocenters. The zero-order chi connectivity index (χ0) is 13.0. The van der Waals surface area contributed by atoms with Crippen LogP contribution >= 0.6 is 11.8 Å². The normalized spacial score (nSPS) is 10.3. The largest absolute Gasteiger partial charge is 0.481 e. The van der Waals surface area contributed by atoms with Gasteiger partial charge in [0.25, 0.3) is 0 Å². The van der Waals surface area contributed by atoms with Gasteiger partial charge in [-0.15, -0.1) is 5.10 Å². The van der Waals surface area contributed by atoms with Crippen molar-refractivity contribution in [2.24, 2.45) is 0 Å². The van der Waals surface area contributed by atoms with E-state index in [1.54, 1.807) is 12.1 Å². The summed E-state index contributed by atoms with van der Waals surface area (Å²) in [5.74, 6) is -1.41. The minimum absolute atomic E-state index is 0.130. The van der Waals surface area contributed by atoms with Crippen molar-refractivity contribution in [2.75, 3.05) is 5.75 Å². The average Bonchev–Trinajstić information content (AvgIpc) is 2.37. The monoisotopic (exact) mass is 265 g/mol. The van der Waals surface area contributed by atoms with Gasteiger partial charge in [0.15, 0.2) is 0 Å². The van der Waals surface area contributed by atoms with E-state index in [4.69, 9.17) is 5.11 Å². The molecule has 0 saturated carbocycles. The molecule has 0 spiro atoms. The molecule has 1 aromatic carbocycles. The van der Waals surface area contributed by atoms with E-state index in [-0.39, 0.29) is 16.7 Å². The van der Waals surface area contributed by atoms with Crippen molar-refractivity contribution in [3.05, 3.63) is 36.3 Å². The second-order valence-corrected chi connectivity index (χ2v) is 4.26. The van der Waals surface area contributed by atoms with Crippen molar-refractivity contribution in [2.45, 2.75) is 5.16 Å². The third-order valence-corrected chi connectivity index (χ3v) is 2.83. The Kier molecular flexibility index (Phi) is 3.83. The highest BCUT2D eigenvalue weighted by Crippen LogP contribution is 2.19. The van der Waals surface area contributed by atoms with Crippen LogP contribution in [0.2, 0.25) is 0 Å². The highest BCUT2D eigenvalue weighted by atomic mass is 32.2. The lowest BCUT2D eigenvalue weighted by molar-refractivity contribution is -0.133. The molecule has 1 N–H and O–H groups in total. The Morgan fingerprint density at radius 3 is 2.72 bits per heavy atom. The molecular formula is C11H8FN3O2S. The van der Waals surface area contributed by atoms with E-state index in [9.17, 15) is 9.18 Å². The van der Waals surface area contributed by atoms with E-state index in [0.29, 0.717) is 11.3 Å². The first kappa shape index (κ1) is 12.4. The number of carboxylic acids is 1. The molecule has 7 heteroatoms. The van der Waals surface area contributed by atoms with Crippen molar-refractivity contribution in [1.82, 2.24) is 15.2 Å². The number of carboxylic acid groups (broad SMARTS) is 1. The summed E-state index contributed by atoms with van der Waals surface area (Å²) in [4.78, 5) is 14.6. The number of nitrogens with zero attached hydrogens (tertiary/aromatic N) is 3. The molecular weight excluding hydrogens is 257 g/mol. The smallest absolute Gasteiger partial charge is 0.313 e. The number of aliphatic carboxylic acids is 1. The van der Waals surface area contributed by atoms with Gasteiger partial charge in [-0.1, -0.05) is 11.8 Å². The van der Waals surface area contributed by atoms with Crippen LogP contribution in [0.3, 0.4) is 0 Å². The molecule has 18 heavy (non-hydrogen) atoms. The van der Waals surface area contributed by atoms with Crippen LogP contribution < -0.4 is 0 Å². The summed E-state index contributed by atoms with van der Waals surface area (Å²) in [5.41, 5.74) is 1.22. The van der Waals surface area contributed by atoms with Crippen molar-refractivity contribution in [3.63, 3.8) is 0 Å². The molecule has 0 bridgehead atoms. The van der Waals surface area contributed by atoms with E-state index in [1.165, 1.54) is 18.3 Å². The number of carbonyl (C=O) groups is 1. The zero-order valence-corrected chi connectivity index (χ0v) is 9.89. The Labute approximate surface area is 106 Å². The first-order valence-electron chi connectivity index (χ1n) is 4.95. The standard InChI is InChI=1S/C11H8FN3O2S/c12-8-3-1-7(2-4-8)9-5-13-15-11(14-9)18-6-10(16)17/h1-5H,6H2,(H,16,17). The number of aromatic nitrogens is 3. The summed E-state index contributed by atoms with van der Waals surface area (Å²) in [6.07, 6.45) is 1.44. The molecule has 2 aromatic rings. The van der Waals surface area contributed by atoms with Gasteiger partial charge in [-0.3, -0.25) is 4.79 Å². The van der Waals surface area contributed by atoms with E-state index < -0.39 is 5.97 Å². The fraction of sp³-hybridized carbons (Fsp3) is 0.0909. The Balaban J connectivity index is 2.21. The van der Waals surface area contributed by atoms with Crippen LogP contribution in [0.15, 0.2) is 35.6 Å². The molecule has 1 heterocycles. The van der Waals surface area contributed by atoms with E-state index in [0.717, 1.165) is 11.8 Å². The Bertz CT molecular complexity index is 562. The van der Waals surface area contributed by atoms with Crippen LogP contribution in [0.4, 0.5) is 4.39 Å². The quantitative estimate of drug-likeness (QED) is 0.850. The van der Waals surface area contributed by atoms with Gasteiger partial charge in [0.05, 0.1) is 17.6 Å². The van der Waals surface area contributed by atoms with Gasteiger partial charge >= 0.3 is 5.97 Å². The van der Waals surface area contributed by atoms with Gasteiger partial charge in [0.1, 0.15) is 5.82 Å². The molecule has 0 radical (unpaired) electrons. The molecule has 0 amide bonds. The summed E-state index contributed by atoms with van der Waals surface area (Å²) in [7, 11) is 0. The topological polar surface area (TPSA) is 76.0 Å². The molecule has 5 nitrogen and oxygen atoms in total. The predicted molar refractivity (Wildman–Crippen MR) is 63.6 cm³/mol. The van der Waals surface area contributed by atoms with Crippen LogP contribution in [0.1, 0.15) is 0 Å². The summed E-state index contributed by atoms with van der Waals surface area (Å²) >= 11 is 0.982. The molecule has 92 valence electrons. The van der Waals surface area contributed by atoms with Gasteiger partial charge in [0.2, 0.25) is 5.16 Å². The molecule has 2 rings (SSSR count). The summed E-state index contributed by atoms with van der Waals surface area (Å²) < 4.78 is 12.8. The van der Waals surface area contributed by atoms with Crippen LogP contribution in [0, 0.1) is 5.82 Å². The van der Waals surface area contributed by atoms with Crippen molar-refractivity contribution < 1.29 is 14.3 Å². The minimum Gasteiger partial charge on any atom is -0.481 e. The van der Waals surface area contributed by atoms with Gasteiger partial charge in [-0.2, -0.15) is 5.10 Å². The lowest BCUT2D eigenvalue weighted by atomic mass is 10.2. The fourth-order valence-electron chi connectivity index (χ4n) is 1.23. The highest BCUT2D eigenvalue weighted by Gasteiger charge is 2.06. The maximum Gasteiger partial charge on any atom is 0.313 e. The lowest BCUT2D eigenvalue weighted by Gasteiger charge is -2.01. The van der Waals surface area contributed by atoms with Crippen molar-refractivity contribution >= 4 is 17.7 Å². The van der Waals surface area contributed by atoms with Gasteiger partial charge < -0.3 is 5.11 Å². The van der Waals surface area contributed by atoms with Gasteiger partial charge in [0, 0.05) is 5.56 Å². The van der Waals surface area contributed by atoms with Gasteiger partial charge in [-0.25, -0.2) is 9.37 Å². The fourth-order valence-corrected chi connectivity index (χ4v) is 1.75. The number of hydrogen-bond acceptors (Lipinski definition) is 5. The lowest BCUT2D eigenvalue weighted by Crippen LogP contribution is -2.00. The molecule has 1 aromatic heterocycles. The van der Waals surface area contributed by atoms with Crippen LogP contribution in [0.5, 0.6) is 0 Å². The Hall–Kier alpha value is -2.02. The maximum atomic E-state index is 12.8. The van der Waals surface area contributed by atoms with Gasteiger partial charge in [-0.05, 0) is 24.3 Å². The molecule has 0 aliphatic carbocycles. The van der Waals surface area contributed by atoms with Crippen LogP contribution in [-0.2, 0) is 4.79 Å². The third-order valence-electron chi connectivity index (χ3n) is 2.00. The highest BCUT2D eigenvalue weighted by molar-refractivity contribution is 7.99.